The van der Waals surface area contributed by atoms with Gasteiger partial charge in [-0.1, -0.05) is 11.6 Å². The van der Waals surface area contributed by atoms with Crippen molar-refractivity contribution in [3.63, 3.8) is 0 Å². The van der Waals surface area contributed by atoms with Gasteiger partial charge in [0, 0.05) is 42.1 Å². The van der Waals surface area contributed by atoms with E-state index in [-0.39, 0.29) is 17.7 Å². The summed E-state index contributed by atoms with van der Waals surface area (Å²) in [4.78, 5) is 28.1. The van der Waals surface area contributed by atoms with Gasteiger partial charge in [0.15, 0.2) is 0 Å². The Hall–Kier alpha value is -1.07. The van der Waals surface area contributed by atoms with E-state index in [9.17, 15) is 9.59 Å². The summed E-state index contributed by atoms with van der Waals surface area (Å²) in [6.45, 7) is 2.46. The summed E-state index contributed by atoms with van der Waals surface area (Å²) in [6, 6.07) is 5.19. The van der Waals surface area contributed by atoms with Crippen LogP contribution in [-0.4, -0.2) is 47.8 Å². The molecule has 1 saturated carbocycles. The fraction of sp³-hybridized carbons (Fsp3) is 0.467. The maximum Gasteiger partial charge on any atom is 0.254 e. The van der Waals surface area contributed by atoms with Gasteiger partial charge in [-0.3, -0.25) is 9.59 Å². The highest BCUT2D eigenvalue weighted by Crippen LogP contribution is 2.31. The molecule has 1 saturated heterocycles. The van der Waals surface area contributed by atoms with Crippen molar-refractivity contribution in [1.29, 1.82) is 0 Å². The number of carbonyl (C=O) groups is 2. The van der Waals surface area contributed by atoms with Crippen molar-refractivity contribution in [2.24, 2.45) is 5.92 Å². The summed E-state index contributed by atoms with van der Waals surface area (Å²) in [5.74, 6) is 0.502. The molecule has 2 amide bonds. The third kappa shape index (κ3) is 3.24. The van der Waals surface area contributed by atoms with E-state index in [1.807, 2.05) is 4.90 Å². The summed E-state index contributed by atoms with van der Waals surface area (Å²) >= 11 is 9.28. The van der Waals surface area contributed by atoms with Gasteiger partial charge in [-0.25, -0.2) is 0 Å². The van der Waals surface area contributed by atoms with Crippen molar-refractivity contribution in [3.8, 4) is 0 Å². The molecule has 21 heavy (non-hydrogen) atoms. The molecule has 2 fully saturated rings. The number of amides is 2. The molecule has 0 bridgehead atoms. The second-order valence-electron chi connectivity index (χ2n) is 5.52. The van der Waals surface area contributed by atoms with E-state index in [4.69, 9.17) is 11.6 Å². The molecular formula is C15H16BrClN2O2. The van der Waals surface area contributed by atoms with Crippen LogP contribution in [-0.2, 0) is 4.79 Å². The van der Waals surface area contributed by atoms with Gasteiger partial charge in [0.05, 0.1) is 5.02 Å². The molecule has 4 nitrogen and oxygen atoms in total. The first-order valence-electron chi connectivity index (χ1n) is 7.09. The normalized spacial score (nSPS) is 18.8. The van der Waals surface area contributed by atoms with Gasteiger partial charge in [-0.2, -0.15) is 0 Å². The van der Waals surface area contributed by atoms with Gasteiger partial charge < -0.3 is 9.80 Å². The molecule has 0 atom stereocenters. The molecule has 0 N–H and O–H groups in total. The number of hydrogen-bond donors (Lipinski definition) is 0. The van der Waals surface area contributed by atoms with Crippen LogP contribution in [0.1, 0.15) is 23.2 Å². The zero-order valence-corrected chi connectivity index (χ0v) is 13.9. The Morgan fingerprint density at radius 2 is 1.71 bits per heavy atom. The highest BCUT2D eigenvalue weighted by atomic mass is 79.9. The first kappa shape index (κ1) is 14.9. The Bertz CT molecular complexity index is 581. The minimum absolute atomic E-state index is 0.00844. The van der Waals surface area contributed by atoms with Crippen LogP contribution >= 0.6 is 27.5 Å². The lowest BCUT2D eigenvalue weighted by Gasteiger charge is -2.35. The molecule has 0 unspecified atom stereocenters. The molecule has 3 rings (SSSR count). The molecule has 6 heteroatoms. The van der Waals surface area contributed by atoms with Crippen LogP contribution in [0, 0.1) is 5.92 Å². The van der Waals surface area contributed by atoms with E-state index in [1.165, 1.54) is 0 Å². The van der Waals surface area contributed by atoms with Gasteiger partial charge in [-0.15, -0.1) is 0 Å². The van der Waals surface area contributed by atoms with Crippen molar-refractivity contribution in [2.75, 3.05) is 26.2 Å². The van der Waals surface area contributed by atoms with Crippen LogP contribution in [0.25, 0.3) is 0 Å². The lowest BCUT2D eigenvalue weighted by atomic mass is 10.1. The van der Waals surface area contributed by atoms with E-state index in [0.717, 1.165) is 17.3 Å². The Labute approximate surface area is 137 Å². The first-order valence-corrected chi connectivity index (χ1v) is 8.26. The van der Waals surface area contributed by atoms with Gasteiger partial charge in [0.2, 0.25) is 5.91 Å². The summed E-state index contributed by atoms with van der Waals surface area (Å²) in [5, 5.41) is 0.589. The van der Waals surface area contributed by atoms with Crippen molar-refractivity contribution in [3.05, 3.63) is 33.3 Å². The third-order valence-electron chi connectivity index (χ3n) is 3.97. The number of hydrogen-bond acceptors (Lipinski definition) is 2. The van der Waals surface area contributed by atoms with Gasteiger partial charge in [0.1, 0.15) is 0 Å². The number of piperazine rings is 1. The fourth-order valence-corrected chi connectivity index (χ4v) is 3.03. The molecule has 0 spiro atoms. The van der Waals surface area contributed by atoms with E-state index >= 15 is 0 Å². The number of nitrogens with zero attached hydrogens (tertiary/aromatic N) is 2. The zero-order valence-electron chi connectivity index (χ0n) is 11.5. The summed E-state index contributed by atoms with van der Waals surface area (Å²) in [7, 11) is 0. The quantitative estimate of drug-likeness (QED) is 0.802. The van der Waals surface area contributed by atoms with Crippen molar-refractivity contribution < 1.29 is 9.59 Å². The number of carbonyl (C=O) groups excluding carboxylic acids is 2. The number of halogens is 2. The molecule has 0 radical (unpaired) electrons. The Morgan fingerprint density at radius 3 is 2.29 bits per heavy atom. The molecule has 1 aromatic rings. The van der Waals surface area contributed by atoms with E-state index < -0.39 is 0 Å². The standard InChI is InChI=1S/C15H16BrClN2O2/c16-12-9-11(3-4-13(12)17)15(21)19-7-5-18(6-8-19)14(20)10-1-2-10/h3-4,9-10H,1-2,5-8H2. The van der Waals surface area contributed by atoms with Crippen molar-refractivity contribution in [2.45, 2.75) is 12.8 Å². The predicted molar refractivity (Wildman–Crippen MR) is 84.4 cm³/mol. The van der Waals surface area contributed by atoms with E-state index in [2.05, 4.69) is 15.9 Å². The second-order valence-corrected chi connectivity index (χ2v) is 6.78. The highest BCUT2D eigenvalue weighted by molar-refractivity contribution is 9.10. The Morgan fingerprint density at radius 1 is 1.10 bits per heavy atom. The van der Waals surface area contributed by atoms with Crippen LogP contribution in [0.5, 0.6) is 0 Å². The Kier molecular flexibility index (Phi) is 4.22. The lowest BCUT2D eigenvalue weighted by molar-refractivity contribution is -0.134. The molecule has 112 valence electrons. The third-order valence-corrected chi connectivity index (χ3v) is 5.19. The molecular weight excluding hydrogens is 356 g/mol. The topological polar surface area (TPSA) is 40.6 Å². The van der Waals surface area contributed by atoms with Gasteiger partial charge in [0.25, 0.3) is 5.91 Å². The minimum atomic E-state index is -0.00844. The summed E-state index contributed by atoms with van der Waals surface area (Å²) < 4.78 is 0.720. The maximum absolute atomic E-state index is 12.4. The fourth-order valence-electron chi connectivity index (χ4n) is 2.53. The lowest BCUT2D eigenvalue weighted by Crippen LogP contribution is -2.51. The zero-order chi connectivity index (χ0) is 15.0. The number of rotatable bonds is 2. The summed E-state index contributed by atoms with van der Waals surface area (Å²) in [5.41, 5.74) is 0.619. The molecule has 1 aliphatic carbocycles. The average Bonchev–Trinajstić information content (AvgIpc) is 3.33. The number of benzene rings is 1. The van der Waals surface area contributed by atoms with Crippen LogP contribution in [0.3, 0.4) is 0 Å². The Balaban J connectivity index is 1.61. The monoisotopic (exact) mass is 370 g/mol. The molecule has 0 aromatic heterocycles. The van der Waals surface area contributed by atoms with Gasteiger partial charge >= 0.3 is 0 Å². The van der Waals surface area contributed by atoms with Crippen LogP contribution < -0.4 is 0 Å². The van der Waals surface area contributed by atoms with Crippen molar-refractivity contribution >= 4 is 39.3 Å². The van der Waals surface area contributed by atoms with E-state index in [1.54, 1.807) is 23.1 Å². The molecule has 1 aromatic carbocycles. The average molecular weight is 372 g/mol. The second kappa shape index (κ2) is 5.97. The van der Waals surface area contributed by atoms with Crippen LogP contribution in [0.4, 0.5) is 0 Å². The maximum atomic E-state index is 12.4. The van der Waals surface area contributed by atoms with Crippen molar-refractivity contribution in [1.82, 2.24) is 9.80 Å². The summed E-state index contributed by atoms with van der Waals surface area (Å²) in [6.07, 6.45) is 2.05. The molecule has 1 heterocycles. The SMILES string of the molecule is O=C(c1ccc(Cl)c(Br)c1)N1CCN(C(=O)C2CC2)CC1. The first-order chi connectivity index (χ1) is 10.1. The predicted octanol–water partition coefficient (Wildman–Crippen LogP) is 2.80. The smallest absolute Gasteiger partial charge is 0.254 e. The van der Waals surface area contributed by atoms with Crippen LogP contribution in [0.15, 0.2) is 22.7 Å². The highest BCUT2D eigenvalue weighted by Gasteiger charge is 2.35. The van der Waals surface area contributed by atoms with E-state index in [0.29, 0.717) is 36.8 Å². The molecule has 2 aliphatic rings. The van der Waals surface area contributed by atoms with Crippen LogP contribution in [0.2, 0.25) is 5.02 Å². The van der Waals surface area contributed by atoms with Gasteiger partial charge in [-0.05, 0) is 47.0 Å². The minimum Gasteiger partial charge on any atom is -0.339 e. The largest absolute Gasteiger partial charge is 0.339 e. The molecule has 1 aliphatic heterocycles.